The summed E-state index contributed by atoms with van der Waals surface area (Å²) < 4.78 is 5.41. The summed E-state index contributed by atoms with van der Waals surface area (Å²) in [7, 11) is 2.16. The van der Waals surface area contributed by atoms with Crippen molar-refractivity contribution in [2.75, 3.05) is 20.2 Å². The van der Waals surface area contributed by atoms with Crippen LogP contribution in [0.3, 0.4) is 0 Å². The number of nitrogens with zero attached hydrogens (tertiary/aromatic N) is 1. The lowest BCUT2D eigenvalue weighted by molar-refractivity contribution is -0.119. The van der Waals surface area contributed by atoms with E-state index >= 15 is 0 Å². The molecule has 0 unspecified atom stereocenters. The van der Waals surface area contributed by atoms with Gasteiger partial charge >= 0.3 is 0 Å². The van der Waals surface area contributed by atoms with Gasteiger partial charge in [0.1, 0.15) is 5.75 Å². The second kappa shape index (κ2) is 7.12. The fourth-order valence-corrected chi connectivity index (χ4v) is 4.04. The highest BCUT2D eigenvalue weighted by atomic mass is 16.5. The van der Waals surface area contributed by atoms with Gasteiger partial charge in [-0.2, -0.15) is 0 Å². The Hall–Kier alpha value is -2.33. The van der Waals surface area contributed by atoms with Crippen LogP contribution in [-0.4, -0.2) is 31.0 Å². The highest BCUT2D eigenvalue weighted by molar-refractivity contribution is 5.75. The zero-order valence-corrected chi connectivity index (χ0v) is 15.9. The summed E-state index contributed by atoms with van der Waals surface area (Å²) in [4.78, 5) is 13.3. The first-order valence-corrected chi connectivity index (χ1v) is 9.07. The lowest BCUT2D eigenvalue weighted by atomic mass is 9.87. The first-order valence-electron chi connectivity index (χ1n) is 9.07. The minimum absolute atomic E-state index is 0.0927. The number of nitrogens with two attached hydrogens (primary N) is 1. The predicted molar refractivity (Wildman–Crippen MR) is 104 cm³/mol. The van der Waals surface area contributed by atoms with Gasteiger partial charge in [0.05, 0.1) is 0 Å². The van der Waals surface area contributed by atoms with Crippen LogP contribution in [0.25, 0.3) is 0 Å². The standard InChI is InChI=1S/C22H28N2O2/c1-21(2)15-22(21,18-9-5-4-6-10-18)16-24(3)13-17-8-7-11-19(12-17)26-14-20(23)25/h4-12H,13-16H2,1-3H3,(H2,23,25)/t22-/m1/s1. The summed E-state index contributed by atoms with van der Waals surface area (Å²) in [6, 6.07) is 18.7. The van der Waals surface area contributed by atoms with E-state index in [9.17, 15) is 4.79 Å². The van der Waals surface area contributed by atoms with Crippen molar-refractivity contribution in [1.29, 1.82) is 0 Å². The van der Waals surface area contributed by atoms with Crippen molar-refractivity contribution in [1.82, 2.24) is 4.90 Å². The highest BCUT2D eigenvalue weighted by Gasteiger charge is 2.61. The van der Waals surface area contributed by atoms with Gasteiger partial charge in [-0.05, 0) is 42.1 Å². The SMILES string of the molecule is CN(Cc1cccc(OCC(N)=O)c1)C[C@@]1(c2ccccc2)CC1(C)C. The Labute approximate surface area is 156 Å². The van der Waals surface area contributed by atoms with Crippen molar-refractivity contribution in [2.24, 2.45) is 11.1 Å². The molecule has 4 heteroatoms. The van der Waals surface area contributed by atoms with Gasteiger partial charge in [0.2, 0.25) is 0 Å². The van der Waals surface area contributed by atoms with E-state index < -0.39 is 5.91 Å². The van der Waals surface area contributed by atoms with E-state index in [1.165, 1.54) is 12.0 Å². The van der Waals surface area contributed by atoms with Crippen LogP contribution >= 0.6 is 0 Å². The van der Waals surface area contributed by atoms with Gasteiger partial charge in [0.15, 0.2) is 6.61 Å². The average molecular weight is 352 g/mol. The van der Waals surface area contributed by atoms with Gasteiger partial charge in [-0.15, -0.1) is 0 Å². The third kappa shape index (κ3) is 3.91. The number of ether oxygens (including phenoxy) is 1. The number of hydrogen-bond donors (Lipinski definition) is 1. The number of amides is 1. The molecule has 0 aromatic heterocycles. The van der Waals surface area contributed by atoms with Gasteiger partial charge in [-0.1, -0.05) is 56.3 Å². The maximum Gasteiger partial charge on any atom is 0.255 e. The van der Waals surface area contributed by atoms with E-state index in [1.807, 2.05) is 18.2 Å². The monoisotopic (exact) mass is 352 g/mol. The molecule has 26 heavy (non-hydrogen) atoms. The molecule has 2 aromatic rings. The van der Waals surface area contributed by atoms with E-state index in [-0.39, 0.29) is 12.0 Å². The smallest absolute Gasteiger partial charge is 0.255 e. The summed E-state index contributed by atoms with van der Waals surface area (Å²) in [6.45, 7) is 6.46. The summed E-state index contributed by atoms with van der Waals surface area (Å²) >= 11 is 0. The van der Waals surface area contributed by atoms with E-state index in [0.29, 0.717) is 11.2 Å². The third-order valence-corrected chi connectivity index (χ3v) is 5.51. The highest BCUT2D eigenvalue weighted by Crippen LogP contribution is 2.64. The Morgan fingerprint density at radius 2 is 1.85 bits per heavy atom. The number of carbonyl (C=O) groups excluding carboxylic acids is 1. The van der Waals surface area contributed by atoms with Crippen LogP contribution in [0.1, 0.15) is 31.4 Å². The van der Waals surface area contributed by atoms with Crippen LogP contribution in [0, 0.1) is 5.41 Å². The Morgan fingerprint density at radius 3 is 2.46 bits per heavy atom. The fraction of sp³-hybridized carbons (Fsp3) is 0.409. The summed E-state index contributed by atoms with van der Waals surface area (Å²) in [5.41, 5.74) is 8.26. The second-order valence-electron chi connectivity index (χ2n) is 8.08. The molecule has 1 aliphatic carbocycles. The fourth-order valence-electron chi connectivity index (χ4n) is 4.04. The molecule has 138 valence electrons. The molecule has 1 saturated carbocycles. The molecule has 0 heterocycles. The molecule has 0 aliphatic heterocycles. The number of hydrogen-bond acceptors (Lipinski definition) is 3. The van der Waals surface area contributed by atoms with E-state index in [2.05, 4.69) is 62.2 Å². The first kappa shape index (κ1) is 18.5. The zero-order chi connectivity index (χ0) is 18.8. The molecule has 2 aromatic carbocycles. The largest absolute Gasteiger partial charge is 0.484 e. The van der Waals surface area contributed by atoms with Crippen LogP contribution in [0.2, 0.25) is 0 Å². The molecule has 4 nitrogen and oxygen atoms in total. The Morgan fingerprint density at radius 1 is 1.15 bits per heavy atom. The van der Waals surface area contributed by atoms with E-state index in [1.54, 1.807) is 0 Å². The van der Waals surface area contributed by atoms with Gasteiger partial charge in [0, 0.05) is 18.5 Å². The van der Waals surface area contributed by atoms with Gasteiger partial charge in [0.25, 0.3) is 5.91 Å². The molecule has 3 rings (SSSR count). The van der Waals surface area contributed by atoms with E-state index in [0.717, 1.165) is 18.7 Å². The second-order valence-corrected chi connectivity index (χ2v) is 8.08. The normalized spacial score (nSPS) is 20.8. The summed E-state index contributed by atoms with van der Waals surface area (Å²) in [5, 5.41) is 0. The lowest BCUT2D eigenvalue weighted by Gasteiger charge is -2.28. The van der Waals surface area contributed by atoms with Crippen LogP contribution < -0.4 is 10.5 Å². The van der Waals surface area contributed by atoms with Crippen LogP contribution in [-0.2, 0) is 16.8 Å². The molecule has 1 aliphatic rings. The molecular weight excluding hydrogens is 324 g/mol. The molecule has 1 fully saturated rings. The number of primary amides is 1. The number of likely N-dealkylation sites (N-methyl/N-ethyl adjacent to an activating group) is 1. The van der Waals surface area contributed by atoms with Crippen molar-refractivity contribution in [2.45, 2.75) is 32.2 Å². The Kier molecular flexibility index (Phi) is 5.05. The van der Waals surface area contributed by atoms with Crippen molar-refractivity contribution < 1.29 is 9.53 Å². The van der Waals surface area contributed by atoms with Gasteiger partial charge < -0.3 is 15.4 Å². The molecule has 1 atom stereocenters. The molecule has 0 spiro atoms. The van der Waals surface area contributed by atoms with Crippen LogP contribution in [0.4, 0.5) is 0 Å². The Bertz CT molecular complexity index is 773. The quantitative estimate of drug-likeness (QED) is 0.793. The summed E-state index contributed by atoms with van der Waals surface area (Å²) in [5.74, 6) is 0.215. The zero-order valence-electron chi connectivity index (χ0n) is 15.9. The number of carbonyl (C=O) groups is 1. The van der Waals surface area contributed by atoms with Crippen molar-refractivity contribution in [3.63, 3.8) is 0 Å². The van der Waals surface area contributed by atoms with Crippen molar-refractivity contribution in [3.05, 3.63) is 65.7 Å². The topological polar surface area (TPSA) is 55.6 Å². The average Bonchev–Trinajstić information content (AvgIpc) is 3.15. The minimum atomic E-state index is -0.465. The number of benzene rings is 2. The molecule has 0 bridgehead atoms. The maximum atomic E-state index is 10.9. The minimum Gasteiger partial charge on any atom is -0.484 e. The van der Waals surface area contributed by atoms with Gasteiger partial charge in [-0.3, -0.25) is 4.79 Å². The van der Waals surface area contributed by atoms with Gasteiger partial charge in [-0.25, -0.2) is 0 Å². The van der Waals surface area contributed by atoms with Crippen molar-refractivity contribution >= 4 is 5.91 Å². The summed E-state index contributed by atoms with van der Waals surface area (Å²) in [6.07, 6.45) is 1.20. The molecule has 2 N–H and O–H groups in total. The molecule has 0 radical (unpaired) electrons. The van der Waals surface area contributed by atoms with Crippen LogP contribution in [0.15, 0.2) is 54.6 Å². The third-order valence-electron chi connectivity index (χ3n) is 5.51. The molecule has 1 amide bonds. The Balaban J connectivity index is 1.68. The maximum absolute atomic E-state index is 10.9. The number of rotatable bonds is 8. The predicted octanol–water partition coefficient (Wildman–Crippen LogP) is 3.35. The molecule has 0 saturated heterocycles. The molecular formula is C22H28N2O2. The van der Waals surface area contributed by atoms with Crippen LogP contribution in [0.5, 0.6) is 5.75 Å². The van der Waals surface area contributed by atoms with E-state index in [4.69, 9.17) is 10.5 Å². The first-order chi connectivity index (χ1) is 12.3. The lowest BCUT2D eigenvalue weighted by Crippen LogP contribution is -2.32. The van der Waals surface area contributed by atoms with Crippen molar-refractivity contribution in [3.8, 4) is 5.75 Å².